The minimum absolute atomic E-state index is 0.374. The molecule has 0 aliphatic heterocycles. The van der Waals surface area contributed by atoms with E-state index in [-0.39, 0.29) is 0 Å². The van der Waals surface area contributed by atoms with E-state index in [1.165, 1.54) is 122 Å². The molecule has 6 nitrogen and oxygen atoms in total. The molecule has 8 heteroatoms. The van der Waals surface area contributed by atoms with E-state index in [2.05, 4.69) is 11.4 Å². The summed E-state index contributed by atoms with van der Waals surface area (Å²) < 4.78 is 15.5. The Morgan fingerprint density at radius 1 is 0.735 bits per heavy atom. The SMILES string of the molecule is CCCCCCCCCCCCCCCCCCCCCCSC[C@@H](O)COP(=O)(O)C(=O)O. The summed E-state index contributed by atoms with van der Waals surface area (Å²) in [7, 11) is -4.65. The normalized spacial score (nSPS) is 14.2. The van der Waals surface area contributed by atoms with Gasteiger partial charge >= 0.3 is 13.3 Å². The first kappa shape index (κ1) is 33.9. The third-order valence-electron chi connectivity index (χ3n) is 6.14. The fraction of sp³-hybridized carbons (Fsp3) is 0.962. The minimum Gasteiger partial charge on any atom is -0.472 e. The Bertz CT molecular complexity index is 506. The number of unbranched alkanes of at least 4 members (excludes halogenated alkanes) is 19. The van der Waals surface area contributed by atoms with E-state index in [1.54, 1.807) is 11.8 Å². The molecule has 0 saturated carbocycles. The van der Waals surface area contributed by atoms with Gasteiger partial charge in [-0.25, -0.2) is 9.36 Å². The fourth-order valence-corrected chi connectivity index (χ4v) is 5.40. The van der Waals surface area contributed by atoms with Crippen LogP contribution in [0.3, 0.4) is 0 Å². The summed E-state index contributed by atoms with van der Waals surface area (Å²) in [6.07, 6.45) is 26.3. The predicted molar refractivity (Wildman–Crippen MR) is 145 cm³/mol. The van der Waals surface area contributed by atoms with Crippen LogP contribution < -0.4 is 0 Å². The van der Waals surface area contributed by atoms with Crippen molar-refractivity contribution in [3.63, 3.8) is 0 Å². The van der Waals surface area contributed by atoms with E-state index >= 15 is 0 Å². The number of hydrogen-bond donors (Lipinski definition) is 3. The van der Waals surface area contributed by atoms with Crippen molar-refractivity contribution in [2.75, 3.05) is 18.1 Å². The van der Waals surface area contributed by atoms with E-state index in [1.807, 2.05) is 0 Å². The van der Waals surface area contributed by atoms with Crippen molar-refractivity contribution < 1.29 is 29.0 Å². The molecule has 0 saturated heterocycles. The summed E-state index contributed by atoms with van der Waals surface area (Å²) in [5.74, 6) is 1.30. The molecule has 204 valence electrons. The predicted octanol–water partition coefficient (Wildman–Crippen LogP) is 8.78. The van der Waals surface area contributed by atoms with E-state index in [0.29, 0.717) is 5.75 Å². The molecule has 0 aliphatic rings. The molecule has 34 heavy (non-hydrogen) atoms. The Hall–Kier alpha value is -0.0700. The number of carboxylic acid groups (broad SMARTS) is 1. The van der Waals surface area contributed by atoms with Gasteiger partial charge in [0.1, 0.15) is 0 Å². The van der Waals surface area contributed by atoms with Gasteiger partial charge < -0.3 is 15.1 Å². The Morgan fingerprint density at radius 3 is 1.44 bits per heavy atom. The summed E-state index contributed by atoms with van der Waals surface area (Å²) in [5, 5.41) is 18.2. The molecule has 0 aromatic heterocycles. The van der Waals surface area contributed by atoms with Gasteiger partial charge in [-0.2, -0.15) is 11.8 Å². The lowest BCUT2D eigenvalue weighted by Gasteiger charge is -2.12. The van der Waals surface area contributed by atoms with Crippen LogP contribution in [0.4, 0.5) is 4.79 Å². The molecule has 0 rings (SSSR count). The maximum Gasteiger partial charge on any atom is 0.435 e. The first-order valence-electron chi connectivity index (χ1n) is 13.9. The van der Waals surface area contributed by atoms with Gasteiger partial charge in [-0.1, -0.05) is 129 Å². The molecule has 0 spiro atoms. The zero-order valence-corrected chi connectivity index (χ0v) is 23.5. The second kappa shape index (κ2) is 24.6. The van der Waals surface area contributed by atoms with Gasteiger partial charge in [-0.05, 0) is 12.2 Å². The number of aliphatic hydroxyl groups excluding tert-OH is 1. The van der Waals surface area contributed by atoms with Gasteiger partial charge in [-0.3, -0.25) is 4.52 Å². The van der Waals surface area contributed by atoms with Crippen molar-refractivity contribution >= 4 is 25.1 Å². The van der Waals surface area contributed by atoms with E-state index in [0.717, 1.165) is 12.2 Å². The van der Waals surface area contributed by atoms with Gasteiger partial charge in [-0.15, -0.1) is 0 Å². The lowest BCUT2D eigenvalue weighted by Crippen LogP contribution is -2.18. The average Bonchev–Trinajstić information content (AvgIpc) is 2.81. The highest BCUT2D eigenvalue weighted by atomic mass is 32.2. The number of carbonyl (C=O) groups is 1. The molecular formula is C26H53O6PS. The molecule has 0 heterocycles. The van der Waals surface area contributed by atoms with Crippen LogP contribution in [0.2, 0.25) is 0 Å². The van der Waals surface area contributed by atoms with Crippen LogP contribution in [0, 0.1) is 0 Å². The molecule has 0 fully saturated rings. The Morgan fingerprint density at radius 2 is 1.09 bits per heavy atom. The Balaban J connectivity index is 3.20. The Kier molecular flexibility index (Phi) is 24.6. The third-order valence-corrected chi connectivity index (χ3v) is 8.32. The summed E-state index contributed by atoms with van der Waals surface area (Å²) >= 11 is 1.56. The molecule has 0 aromatic carbocycles. The molecule has 0 aliphatic carbocycles. The van der Waals surface area contributed by atoms with Crippen molar-refractivity contribution in [1.82, 2.24) is 0 Å². The molecule has 0 aromatic rings. The highest BCUT2D eigenvalue weighted by molar-refractivity contribution is 7.99. The van der Waals surface area contributed by atoms with Gasteiger partial charge in [0.15, 0.2) is 0 Å². The highest BCUT2D eigenvalue weighted by Gasteiger charge is 2.30. The van der Waals surface area contributed by atoms with Crippen LogP contribution in [-0.4, -0.2) is 45.0 Å². The van der Waals surface area contributed by atoms with Crippen LogP contribution in [0.1, 0.15) is 135 Å². The van der Waals surface area contributed by atoms with Crippen molar-refractivity contribution in [3.05, 3.63) is 0 Å². The van der Waals surface area contributed by atoms with Gasteiger partial charge in [0.05, 0.1) is 12.7 Å². The van der Waals surface area contributed by atoms with E-state index in [9.17, 15) is 14.5 Å². The summed E-state index contributed by atoms with van der Waals surface area (Å²) in [5.41, 5.74) is -1.89. The average molecular weight is 525 g/mol. The zero-order chi connectivity index (χ0) is 25.3. The Labute approximate surface area is 213 Å². The monoisotopic (exact) mass is 524 g/mol. The summed E-state index contributed by atoms with van der Waals surface area (Å²) in [4.78, 5) is 19.5. The lowest BCUT2D eigenvalue weighted by molar-refractivity contribution is 0.115. The zero-order valence-electron chi connectivity index (χ0n) is 21.8. The van der Waals surface area contributed by atoms with Gasteiger partial charge in [0.25, 0.3) is 0 Å². The molecular weight excluding hydrogens is 471 g/mol. The molecule has 3 N–H and O–H groups in total. The number of hydrogen-bond acceptors (Lipinski definition) is 5. The van der Waals surface area contributed by atoms with Crippen LogP contribution in [0.15, 0.2) is 0 Å². The quantitative estimate of drug-likeness (QED) is 0.0728. The topological polar surface area (TPSA) is 104 Å². The van der Waals surface area contributed by atoms with Crippen LogP contribution >= 0.6 is 19.4 Å². The largest absolute Gasteiger partial charge is 0.472 e. The maximum atomic E-state index is 11.1. The van der Waals surface area contributed by atoms with E-state index < -0.39 is 26.0 Å². The molecule has 0 amide bonds. The van der Waals surface area contributed by atoms with Crippen molar-refractivity contribution in [1.29, 1.82) is 0 Å². The second-order valence-corrected chi connectivity index (χ2v) is 12.4. The minimum atomic E-state index is -4.65. The van der Waals surface area contributed by atoms with Crippen molar-refractivity contribution in [3.8, 4) is 0 Å². The molecule has 0 radical (unpaired) electrons. The van der Waals surface area contributed by atoms with Crippen LogP contribution in [-0.2, 0) is 9.09 Å². The second-order valence-electron chi connectivity index (χ2n) is 9.55. The molecule has 2 atom stereocenters. The highest BCUT2D eigenvalue weighted by Crippen LogP contribution is 2.42. The number of aliphatic hydroxyl groups is 1. The summed E-state index contributed by atoms with van der Waals surface area (Å²) in [6, 6.07) is 0. The van der Waals surface area contributed by atoms with Gasteiger partial charge in [0.2, 0.25) is 0 Å². The maximum absolute atomic E-state index is 11.1. The number of rotatable bonds is 27. The summed E-state index contributed by atoms with van der Waals surface area (Å²) in [6.45, 7) is 1.84. The third kappa shape index (κ3) is 23.7. The molecule has 1 unspecified atom stereocenters. The van der Waals surface area contributed by atoms with Crippen molar-refractivity contribution in [2.45, 2.75) is 141 Å². The standard InChI is InChI=1S/C26H53O6PS/c1-2-3-4-5-6-7-8-9-10-11-12-13-14-15-16-17-18-19-20-21-22-34-24-25(27)23-32-33(30,31)26(28)29/h25,27H,2-24H2,1H3,(H,28,29)(H,30,31)/t25-/m0/s1. The van der Waals surface area contributed by atoms with Crippen molar-refractivity contribution in [2.24, 2.45) is 0 Å². The van der Waals surface area contributed by atoms with Gasteiger partial charge in [0, 0.05) is 5.75 Å². The number of thioether (sulfide) groups is 1. The van der Waals surface area contributed by atoms with Crippen LogP contribution in [0.5, 0.6) is 0 Å². The van der Waals surface area contributed by atoms with E-state index in [4.69, 9.17) is 10.00 Å². The lowest BCUT2D eigenvalue weighted by atomic mass is 10.0. The van der Waals surface area contributed by atoms with Crippen LogP contribution in [0.25, 0.3) is 0 Å². The fourth-order valence-electron chi connectivity index (χ4n) is 3.97. The molecule has 0 bridgehead atoms. The first-order chi connectivity index (χ1) is 16.4. The first-order valence-corrected chi connectivity index (χ1v) is 16.6. The smallest absolute Gasteiger partial charge is 0.435 e.